The second-order valence-corrected chi connectivity index (χ2v) is 8.72. The molecule has 0 saturated heterocycles. The molecule has 6 nitrogen and oxygen atoms in total. The van der Waals surface area contributed by atoms with Crippen LogP contribution in [0.15, 0.2) is 47.4 Å². The maximum Gasteiger partial charge on any atom is 0.253 e. The minimum atomic E-state index is -0.349. The molecule has 1 saturated carbocycles. The SMILES string of the molecule is CC(=O)Nc1ccc(SC(C)C(=O)Nc2ccc(C(=O)NC3CC3)c(Cl)c2)cc1. The number of rotatable bonds is 7. The van der Waals surface area contributed by atoms with Crippen LogP contribution in [-0.4, -0.2) is 29.0 Å². The van der Waals surface area contributed by atoms with Gasteiger partial charge in [0.25, 0.3) is 5.91 Å². The van der Waals surface area contributed by atoms with Crippen molar-refractivity contribution in [3.63, 3.8) is 0 Å². The van der Waals surface area contributed by atoms with E-state index < -0.39 is 0 Å². The average Bonchev–Trinajstić information content (AvgIpc) is 3.46. The molecule has 1 unspecified atom stereocenters. The second-order valence-electron chi connectivity index (χ2n) is 6.90. The van der Waals surface area contributed by atoms with E-state index in [0.29, 0.717) is 22.0 Å². The molecular formula is C21H22ClN3O3S. The molecule has 29 heavy (non-hydrogen) atoms. The summed E-state index contributed by atoms with van der Waals surface area (Å²) in [4.78, 5) is 36.6. The highest BCUT2D eigenvalue weighted by atomic mass is 35.5. The summed E-state index contributed by atoms with van der Waals surface area (Å²) < 4.78 is 0. The van der Waals surface area contributed by atoms with E-state index >= 15 is 0 Å². The standard InChI is InChI=1S/C21H22ClN3O3S/c1-12(29-17-8-5-14(6-9-17)23-13(2)26)20(27)25-16-7-10-18(19(22)11-16)21(28)24-15-3-4-15/h5-12,15H,3-4H2,1-2H3,(H,23,26)(H,24,28)(H,25,27). The zero-order valence-corrected chi connectivity index (χ0v) is 17.7. The zero-order chi connectivity index (χ0) is 21.0. The summed E-state index contributed by atoms with van der Waals surface area (Å²) in [6, 6.07) is 12.4. The summed E-state index contributed by atoms with van der Waals surface area (Å²) in [5.74, 6) is -0.498. The van der Waals surface area contributed by atoms with Crippen LogP contribution in [0.2, 0.25) is 5.02 Å². The summed E-state index contributed by atoms with van der Waals surface area (Å²) in [7, 11) is 0. The summed E-state index contributed by atoms with van der Waals surface area (Å²) in [5.41, 5.74) is 1.65. The lowest BCUT2D eigenvalue weighted by atomic mass is 10.2. The first-order chi connectivity index (χ1) is 13.8. The fourth-order valence-electron chi connectivity index (χ4n) is 2.59. The monoisotopic (exact) mass is 431 g/mol. The average molecular weight is 432 g/mol. The van der Waals surface area contributed by atoms with Gasteiger partial charge in [-0.1, -0.05) is 11.6 Å². The van der Waals surface area contributed by atoms with E-state index in [1.165, 1.54) is 18.7 Å². The molecule has 0 spiro atoms. The Morgan fingerprint density at radius 3 is 2.28 bits per heavy atom. The highest BCUT2D eigenvalue weighted by molar-refractivity contribution is 8.00. The molecule has 1 fully saturated rings. The van der Waals surface area contributed by atoms with Crippen LogP contribution in [0.3, 0.4) is 0 Å². The van der Waals surface area contributed by atoms with Gasteiger partial charge in [-0.05, 0) is 62.2 Å². The van der Waals surface area contributed by atoms with Crippen molar-refractivity contribution in [3.05, 3.63) is 53.1 Å². The fourth-order valence-corrected chi connectivity index (χ4v) is 3.72. The van der Waals surface area contributed by atoms with E-state index in [1.54, 1.807) is 37.3 Å². The van der Waals surface area contributed by atoms with Gasteiger partial charge in [0.2, 0.25) is 11.8 Å². The van der Waals surface area contributed by atoms with Crippen molar-refractivity contribution in [1.82, 2.24) is 5.32 Å². The molecule has 2 aromatic carbocycles. The van der Waals surface area contributed by atoms with Crippen LogP contribution in [0.5, 0.6) is 0 Å². The molecule has 3 N–H and O–H groups in total. The Morgan fingerprint density at radius 2 is 1.69 bits per heavy atom. The predicted octanol–water partition coefficient (Wildman–Crippen LogP) is 4.31. The van der Waals surface area contributed by atoms with Crippen LogP contribution >= 0.6 is 23.4 Å². The number of carbonyl (C=O) groups excluding carboxylic acids is 3. The first-order valence-electron chi connectivity index (χ1n) is 9.27. The Morgan fingerprint density at radius 1 is 1.03 bits per heavy atom. The van der Waals surface area contributed by atoms with Gasteiger partial charge in [0.05, 0.1) is 15.8 Å². The number of thioether (sulfide) groups is 1. The summed E-state index contributed by atoms with van der Waals surface area (Å²) in [5, 5.41) is 8.38. The first kappa shape index (κ1) is 21.2. The van der Waals surface area contributed by atoms with Crippen LogP contribution < -0.4 is 16.0 Å². The molecule has 0 radical (unpaired) electrons. The number of nitrogens with one attached hydrogen (secondary N) is 3. The molecule has 8 heteroatoms. The van der Waals surface area contributed by atoms with Gasteiger partial charge in [-0.15, -0.1) is 11.8 Å². The van der Waals surface area contributed by atoms with Gasteiger partial charge in [0.1, 0.15) is 0 Å². The number of halogens is 1. The van der Waals surface area contributed by atoms with E-state index in [0.717, 1.165) is 17.7 Å². The molecular weight excluding hydrogens is 410 g/mol. The third-order valence-corrected chi connectivity index (χ3v) is 5.68. The molecule has 0 bridgehead atoms. The van der Waals surface area contributed by atoms with Gasteiger partial charge in [-0.25, -0.2) is 0 Å². The Labute approximate surface area is 178 Å². The molecule has 1 aliphatic rings. The van der Waals surface area contributed by atoms with Crippen LogP contribution in [0.1, 0.15) is 37.0 Å². The highest BCUT2D eigenvalue weighted by Crippen LogP contribution is 2.27. The number of amides is 3. The van der Waals surface area contributed by atoms with Crippen molar-refractivity contribution in [2.45, 2.75) is 42.9 Å². The molecule has 1 atom stereocenters. The van der Waals surface area contributed by atoms with Gasteiger partial charge in [0.15, 0.2) is 0 Å². The minimum Gasteiger partial charge on any atom is -0.349 e. The molecule has 0 aromatic heterocycles. The van der Waals surface area contributed by atoms with Gasteiger partial charge in [-0.2, -0.15) is 0 Å². The predicted molar refractivity (Wildman–Crippen MR) is 117 cm³/mol. The van der Waals surface area contributed by atoms with E-state index in [-0.39, 0.29) is 29.0 Å². The molecule has 0 heterocycles. The third kappa shape index (κ3) is 6.24. The van der Waals surface area contributed by atoms with Gasteiger partial charge in [0, 0.05) is 29.2 Å². The quantitative estimate of drug-likeness (QED) is 0.570. The Kier molecular flexibility index (Phi) is 6.82. The lowest BCUT2D eigenvalue weighted by molar-refractivity contribution is -0.115. The zero-order valence-electron chi connectivity index (χ0n) is 16.1. The topological polar surface area (TPSA) is 87.3 Å². The van der Waals surface area contributed by atoms with Crippen LogP contribution in [0, 0.1) is 0 Å². The summed E-state index contributed by atoms with van der Waals surface area (Å²) in [6.07, 6.45) is 2.01. The Balaban J connectivity index is 1.56. The lowest BCUT2D eigenvalue weighted by Crippen LogP contribution is -2.26. The normalized spacial score (nSPS) is 14.0. The molecule has 1 aliphatic carbocycles. The number of carbonyl (C=O) groups is 3. The smallest absolute Gasteiger partial charge is 0.253 e. The summed E-state index contributed by atoms with van der Waals surface area (Å²) in [6.45, 7) is 3.26. The Bertz CT molecular complexity index is 929. The summed E-state index contributed by atoms with van der Waals surface area (Å²) >= 11 is 7.63. The van der Waals surface area contributed by atoms with E-state index in [9.17, 15) is 14.4 Å². The van der Waals surface area contributed by atoms with Crippen molar-refractivity contribution < 1.29 is 14.4 Å². The maximum atomic E-state index is 12.5. The van der Waals surface area contributed by atoms with Crippen molar-refractivity contribution >= 4 is 52.5 Å². The van der Waals surface area contributed by atoms with E-state index in [1.807, 2.05) is 12.1 Å². The van der Waals surface area contributed by atoms with Crippen molar-refractivity contribution in [1.29, 1.82) is 0 Å². The lowest BCUT2D eigenvalue weighted by Gasteiger charge is -2.13. The van der Waals surface area contributed by atoms with E-state index in [4.69, 9.17) is 11.6 Å². The second kappa shape index (κ2) is 9.33. The van der Waals surface area contributed by atoms with Gasteiger partial charge < -0.3 is 16.0 Å². The molecule has 2 aromatic rings. The molecule has 152 valence electrons. The number of hydrogen-bond acceptors (Lipinski definition) is 4. The number of benzene rings is 2. The minimum absolute atomic E-state index is 0.132. The van der Waals surface area contributed by atoms with Crippen LogP contribution in [0.25, 0.3) is 0 Å². The Hall–Kier alpha value is -2.51. The molecule has 3 amide bonds. The van der Waals surface area contributed by atoms with Crippen LogP contribution in [0.4, 0.5) is 11.4 Å². The maximum absolute atomic E-state index is 12.5. The fraction of sp³-hybridized carbons (Fsp3) is 0.286. The van der Waals surface area contributed by atoms with Crippen molar-refractivity contribution in [2.75, 3.05) is 10.6 Å². The van der Waals surface area contributed by atoms with Crippen molar-refractivity contribution in [2.24, 2.45) is 0 Å². The van der Waals surface area contributed by atoms with Crippen molar-refractivity contribution in [3.8, 4) is 0 Å². The number of anilines is 2. The largest absolute Gasteiger partial charge is 0.349 e. The van der Waals surface area contributed by atoms with Gasteiger partial charge >= 0.3 is 0 Å². The highest BCUT2D eigenvalue weighted by Gasteiger charge is 2.25. The first-order valence-corrected chi connectivity index (χ1v) is 10.5. The van der Waals surface area contributed by atoms with Gasteiger partial charge in [-0.3, -0.25) is 14.4 Å². The molecule has 0 aliphatic heterocycles. The van der Waals surface area contributed by atoms with E-state index in [2.05, 4.69) is 16.0 Å². The van der Waals surface area contributed by atoms with Crippen LogP contribution in [-0.2, 0) is 9.59 Å². The number of hydrogen-bond donors (Lipinski definition) is 3. The third-order valence-electron chi connectivity index (χ3n) is 4.25. The molecule has 3 rings (SSSR count).